The van der Waals surface area contributed by atoms with Crippen LogP contribution in [0.15, 0.2) is 83.4 Å². The van der Waals surface area contributed by atoms with Gasteiger partial charge in [0.15, 0.2) is 11.5 Å². The molecular formula is C25H16FN3O. The molecule has 144 valence electrons. The largest absolute Gasteiger partial charge is 0.455 e. The molecule has 0 aliphatic rings. The molecule has 0 radical (unpaired) electrons. The molecular weight excluding hydrogens is 377 g/mol. The highest BCUT2D eigenvalue weighted by Gasteiger charge is 2.22. The Morgan fingerprint density at radius 3 is 2.57 bits per heavy atom. The van der Waals surface area contributed by atoms with Crippen molar-refractivity contribution in [3.05, 3.63) is 90.4 Å². The summed E-state index contributed by atoms with van der Waals surface area (Å²) in [6.45, 7) is 2.01. The molecule has 6 aromatic rings. The molecule has 30 heavy (non-hydrogen) atoms. The Morgan fingerprint density at radius 1 is 0.900 bits per heavy atom. The van der Waals surface area contributed by atoms with Gasteiger partial charge in [0.2, 0.25) is 0 Å². The molecule has 6 rings (SSSR count). The molecule has 3 aromatic carbocycles. The lowest BCUT2D eigenvalue weighted by Crippen LogP contribution is -1.99. The first-order chi connectivity index (χ1) is 14.7. The highest BCUT2D eigenvalue weighted by Crippen LogP contribution is 2.38. The van der Waals surface area contributed by atoms with Gasteiger partial charge in [-0.2, -0.15) is 0 Å². The van der Waals surface area contributed by atoms with Crippen LogP contribution in [0.1, 0.15) is 5.56 Å². The van der Waals surface area contributed by atoms with E-state index in [2.05, 4.69) is 4.98 Å². The average Bonchev–Trinajstić information content (AvgIpc) is 3.35. The Hall–Kier alpha value is -3.99. The molecule has 5 heteroatoms. The maximum atomic E-state index is 14.8. The summed E-state index contributed by atoms with van der Waals surface area (Å²) >= 11 is 0. The maximum Gasteiger partial charge on any atom is 0.165 e. The van der Waals surface area contributed by atoms with E-state index in [1.807, 2.05) is 72.2 Å². The van der Waals surface area contributed by atoms with Crippen molar-refractivity contribution < 1.29 is 8.81 Å². The number of aromatic nitrogens is 3. The fourth-order valence-corrected chi connectivity index (χ4v) is 4.06. The van der Waals surface area contributed by atoms with E-state index in [9.17, 15) is 4.39 Å². The molecule has 4 nitrogen and oxygen atoms in total. The quantitative estimate of drug-likeness (QED) is 0.340. The first-order valence-electron chi connectivity index (χ1n) is 9.72. The van der Waals surface area contributed by atoms with Crippen LogP contribution in [0.2, 0.25) is 0 Å². The minimum atomic E-state index is -0.310. The van der Waals surface area contributed by atoms with Crippen LogP contribution in [-0.4, -0.2) is 14.5 Å². The summed E-state index contributed by atoms with van der Waals surface area (Å²) in [6, 6.07) is 22.6. The van der Waals surface area contributed by atoms with Crippen molar-refractivity contribution in [3.63, 3.8) is 0 Å². The number of para-hydroxylation sites is 2. The molecule has 0 aliphatic heterocycles. The van der Waals surface area contributed by atoms with E-state index < -0.39 is 0 Å². The fraction of sp³-hybridized carbons (Fsp3) is 0.0400. The standard InChI is InChI=1S/C25H16FN3O/c1-15-13-14-27-25-22(15)28-24(29(25)16-7-3-2-4-8-16)18-11-12-19(26)21-17-9-5-6-10-20(17)30-23(18)21/h2-14H,1H3. The molecule has 0 fully saturated rings. The third kappa shape index (κ3) is 2.32. The molecule has 0 spiro atoms. The van der Waals surface area contributed by atoms with Gasteiger partial charge < -0.3 is 4.42 Å². The van der Waals surface area contributed by atoms with Crippen LogP contribution in [0.3, 0.4) is 0 Å². The van der Waals surface area contributed by atoms with E-state index in [0.29, 0.717) is 22.4 Å². The minimum absolute atomic E-state index is 0.310. The molecule has 0 unspecified atom stereocenters. The van der Waals surface area contributed by atoms with Gasteiger partial charge in [-0.1, -0.05) is 36.4 Å². The first kappa shape index (κ1) is 16.9. The van der Waals surface area contributed by atoms with Crippen molar-refractivity contribution in [2.24, 2.45) is 0 Å². The second-order valence-corrected chi connectivity index (χ2v) is 7.30. The summed E-state index contributed by atoms with van der Waals surface area (Å²) < 4.78 is 23.0. The molecule has 0 aliphatic carbocycles. The van der Waals surface area contributed by atoms with Crippen LogP contribution in [0.5, 0.6) is 0 Å². The van der Waals surface area contributed by atoms with Crippen LogP contribution >= 0.6 is 0 Å². The number of benzene rings is 3. The number of pyridine rings is 1. The van der Waals surface area contributed by atoms with E-state index in [1.54, 1.807) is 12.3 Å². The van der Waals surface area contributed by atoms with Crippen molar-refractivity contribution in [2.75, 3.05) is 0 Å². The Bertz CT molecular complexity index is 1560. The molecule has 0 amide bonds. The normalized spacial score (nSPS) is 11.7. The van der Waals surface area contributed by atoms with Gasteiger partial charge in [0.1, 0.15) is 22.5 Å². The van der Waals surface area contributed by atoms with Crippen LogP contribution in [-0.2, 0) is 0 Å². The monoisotopic (exact) mass is 393 g/mol. The summed E-state index contributed by atoms with van der Waals surface area (Å²) in [5, 5.41) is 1.22. The van der Waals surface area contributed by atoms with E-state index >= 15 is 0 Å². The van der Waals surface area contributed by atoms with Crippen LogP contribution in [0, 0.1) is 12.7 Å². The fourth-order valence-electron chi connectivity index (χ4n) is 4.06. The number of hydrogen-bond donors (Lipinski definition) is 0. The maximum absolute atomic E-state index is 14.8. The zero-order chi connectivity index (χ0) is 20.2. The smallest absolute Gasteiger partial charge is 0.165 e. The number of rotatable bonds is 2. The number of halogens is 1. The molecule has 0 bridgehead atoms. The second kappa shape index (κ2) is 6.26. The number of fused-ring (bicyclic) bond motifs is 4. The lowest BCUT2D eigenvalue weighted by atomic mass is 10.1. The molecule has 0 N–H and O–H groups in total. The van der Waals surface area contributed by atoms with E-state index in [0.717, 1.165) is 33.4 Å². The minimum Gasteiger partial charge on any atom is -0.455 e. The number of aryl methyl sites for hydroxylation is 1. The second-order valence-electron chi connectivity index (χ2n) is 7.30. The molecule has 0 saturated carbocycles. The van der Waals surface area contributed by atoms with Gasteiger partial charge in [-0.05, 0) is 48.9 Å². The Balaban J connectivity index is 1.77. The zero-order valence-electron chi connectivity index (χ0n) is 16.1. The van der Waals surface area contributed by atoms with Gasteiger partial charge in [0.05, 0.1) is 10.9 Å². The summed E-state index contributed by atoms with van der Waals surface area (Å²) in [6.07, 6.45) is 1.78. The van der Waals surface area contributed by atoms with Gasteiger partial charge in [0.25, 0.3) is 0 Å². The van der Waals surface area contributed by atoms with Crippen LogP contribution in [0.25, 0.3) is 50.2 Å². The Kier molecular flexibility index (Phi) is 3.53. The van der Waals surface area contributed by atoms with Gasteiger partial charge in [-0.3, -0.25) is 4.57 Å². The molecule has 3 aromatic heterocycles. The van der Waals surface area contributed by atoms with E-state index in [1.165, 1.54) is 6.07 Å². The molecule has 0 atom stereocenters. The topological polar surface area (TPSA) is 43.9 Å². The summed E-state index contributed by atoms with van der Waals surface area (Å²) in [7, 11) is 0. The SMILES string of the molecule is Cc1ccnc2c1nc(-c1ccc(F)c3c1oc1ccccc13)n2-c1ccccc1. The van der Waals surface area contributed by atoms with Crippen molar-refractivity contribution >= 4 is 33.1 Å². The van der Waals surface area contributed by atoms with Crippen molar-refractivity contribution in [2.45, 2.75) is 6.92 Å². The average molecular weight is 393 g/mol. The van der Waals surface area contributed by atoms with Gasteiger partial charge >= 0.3 is 0 Å². The summed E-state index contributed by atoms with van der Waals surface area (Å²) in [5.41, 5.74) is 5.39. The first-order valence-corrected chi connectivity index (χ1v) is 9.72. The highest BCUT2D eigenvalue weighted by molar-refractivity contribution is 6.09. The van der Waals surface area contributed by atoms with Crippen LogP contribution < -0.4 is 0 Å². The number of hydrogen-bond acceptors (Lipinski definition) is 3. The Morgan fingerprint density at radius 2 is 1.70 bits per heavy atom. The van der Waals surface area contributed by atoms with Gasteiger partial charge in [-0.25, -0.2) is 14.4 Å². The molecule has 3 heterocycles. The molecule has 0 saturated heterocycles. The Labute approximate surface area is 171 Å². The third-order valence-corrected chi connectivity index (χ3v) is 5.48. The van der Waals surface area contributed by atoms with Gasteiger partial charge in [-0.15, -0.1) is 0 Å². The zero-order valence-corrected chi connectivity index (χ0v) is 16.1. The number of nitrogens with zero attached hydrogens (tertiary/aromatic N) is 3. The number of imidazole rings is 1. The third-order valence-electron chi connectivity index (χ3n) is 5.48. The highest BCUT2D eigenvalue weighted by atomic mass is 19.1. The van der Waals surface area contributed by atoms with E-state index in [-0.39, 0.29) is 5.82 Å². The predicted molar refractivity (Wildman–Crippen MR) is 116 cm³/mol. The summed E-state index contributed by atoms with van der Waals surface area (Å²) in [4.78, 5) is 9.53. The lowest BCUT2D eigenvalue weighted by molar-refractivity contribution is 0.634. The summed E-state index contributed by atoms with van der Waals surface area (Å²) in [5.74, 6) is 0.359. The van der Waals surface area contributed by atoms with Crippen molar-refractivity contribution in [1.82, 2.24) is 14.5 Å². The van der Waals surface area contributed by atoms with Crippen molar-refractivity contribution in [3.8, 4) is 17.1 Å². The predicted octanol–water partition coefficient (Wildman–Crippen LogP) is 6.43. The van der Waals surface area contributed by atoms with Crippen LogP contribution in [0.4, 0.5) is 4.39 Å². The van der Waals surface area contributed by atoms with E-state index in [4.69, 9.17) is 9.40 Å². The van der Waals surface area contributed by atoms with Gasteiger partial charge in [0, 0.05) is 17.3 Å². The lowest BCUT2D eigenvalue weighted by Gasteiger charge is -2.09. The van der Waals surface area contributed by atoms with Crippen molar-refractivity contribution in [1.29, 1.82) is 0 Å². The number of furan rings is 1.